The van der Waals surface area contributed by atoms with Crippen LogP contribution >= 0.6 is 0 Å². The molecule has 1 saturated heterocycles. The van der Waals surface area contributed by atoms with Crippen molar-refractivity contribution < 1.29 is 9.53 Å². The predicted octanol–water partition coefficient (Wildman–Crippen LogP) is 2.15. The summed E-state index contributed by atoms with van der Waals surface area (Å²) in [6.07, 6.45) is 5.58. The first-order valence-corrected chi connectivity index (χ1v) is 7.23. The molecule has 1 unspecified atom stereocenters. The molecule has 0 amide bonds. The van der Waals surface area contributed by atoms with Crippen LogP contribution in [-0.4, -0.2) is 48.6 Å². The Morgan fingerprint density at radius 2 is 2.20 bits per heavy atom. The van der Waals surface area contributed by atoms with Gasteiger partial charge in [0.05, 0.1) is 7.11 Å². The molecule has 1 fully saturated rings. The van der Waals surface area contributed by atoms with Crippen molar-refractivity contribution >= 4 is 11.8 Å². The van der Waals surface area contributed by atoms with E-state index in [-0.39, 0.29) is 5.97 Å². The van der Waals surface area contributed by atoms with Crippen LogP contribution in [0, 0.1) is 0 Å². The number of pyridine rings is 1. The van der Waals surface area contributed by atoms with Crippen LogP contribution in [0.1, 0.15) is 36.5 Å². The SMILES string of the molecule is COC(=O)c1cccnc1NCC(C)N1CCCCC1. The second-order valence-electron chi connectivity index (χ2n) is 5.22. The average Bonchev–Trinajstić information content (AvgIpc) is 2.53. The molecule has 0 aromatic carbocycles. The summed E-state index contributed by atoms with van der Waals surface area (Å²) in [6, 6.07) is 3.90. The number of piperidine rings is 1. The van der Waals surface area contributed by atoms with E-state index in [1.165, 1.54) is 26.4 Å². The fourth-order valence-electron chi connectivity index (χ4n) is 2.55. The smallest absolute Gasteiger partial charge is 0.341 e. The van der Waals surface area contributed by atoms with Gasteiger partial charge >= 0.3 is 5.97 Å². The predicted molar refractivity (Wildman–Crippen MR) is 79.0 cm³/mol. The van der Waals surface area contributed by atoms with Crippen molar-refractivity contribution in [3.63, 3.8) is 0 Å². The minimum Gasteiger partial charge on any atom is -0.465 e. The minimum absolute atomic E-state index is 0.355. The lowest BCUT2D eigenvalue weighted by molar-refractivity contribution is 0.0601. The van der Waals surface area contributed by atoms with Crippen LogP contribution in [0.5, 0.6) is 0 Å². The topological polar surface area (TPSA) is 54.5 Å². The second-order valence-corrected chi connectivity index (χ2v) is 5.22. The average molecular weight is 277 g/mol. The van der Waals surface area contributed by atoms with E-state index < -0.39 is 0 Å². The summed E-state index contributed by atoms with van der Waals surface area (Å²) < 4.78 is 4.77. The third-order valence-electron chi connectivity index (χ3n) is 3.79. The highest BCUT2D eigenvalue weighted by Gasteiger charge is 2.18. The summed E-state index contributed by atoms with van der Waals surface area (Å²) in [5.74, 6) is 0.245. The molecule has 110 valence electrons. The van der Waals surface area contributed by atoms with Gasteiger partial charge in [0, 0.05) is 18.8 Å². The zero-order valence-electron chi connectivity index (χ0n) is 12.3. The number of hydrogen-bond donors (Lipinski definition) is 1. The number of anilines is 1. The monoisotopic (exact) mass is 277 g/mol. The lowest BCUT2D eigenvalue weighted by Crippen LogP contribution is -2.41. The number of esters is 1. The number of nitrogens with one attached hydrogen (secondary N) is 1. The Kier molecular flexibility index (Phi) is 5.35. The first kappa shape index (κ1) is 14.8. The van der Waals surface area contributed by atoms with Crippen molar-refractivity contribution in [1.82, 2.24) is 9.88 Å². The van der Waals surface area contributed by atoms with E-state index in [4.69, 9.17) is 4.74 Å². The largest absolute Gasteiger partial charge is 0.465 e. The molecule has 0 bridgehead atoms. The van der Waals surface area contributed by atoms with Gasteiger partial charge in [0.15, 0.2) is 0 Å². The Morgan fingerprint density at radius 3 is 2.90 bits per heavy atom. The first-order valence-electron chi connectivity index (χ1n) is 7.23. The minimum atomic E-state index is -0.355. The lowest BCUT2D eigenvalue weighted by Gasteiger charge is -2.32. The molecule has 2 rings (SSSR count). The van der Waals surface area contributed by atoms with E-state index >= 15 is 0 Å². The molecule has 0 saturated carbocycles. The van der Waals surface area contributed by atoms with Gasteiger partial charge in [-0.3, -0.25) is 4.90 Å². The third-order valence-corrected chi connectivity index (χ3v) is 3.79. The van der Waals surface area contributed by atoms with Gasteiger partial charge in [-0.05, 0) is 45.0 Å². The highest BCUT2D eigenvalue weighted by atomic mass is 16.5. The number of likely N-dealkylation sites (tertiary alicyclic amines) is 1. The molecule has 0 aliphatic carbocycles. The standard InChI is InChI=1S/C15H23N3O2/c1-12(18-9-4-3-5-10-18)11-17-14-13(15(19)20-2)7-6-8-16-14/h6-8,12H,3-5,9-11H2,1-2H3,(H,16,17). The number of rotatable bonds is 5. The molecular weight excluding hydrogens is 254 g/mol. The molecule has 0 radical (unpaired) electrons. The number of ether oxygens (including phenoxy) is 1. The van der Waals surface area contributed by atoms with Gasteiger partial charge in [0.2, 0.25) is 0 Å². The van der Waals surface area contributed by atoms with E-state index in [9.17, 15) is 4.79 Å². The van der Waals surface area contributed by atoms with E-state index in [0.29, 0.717) is 17.4 Å². The van der Waals surface area contributed by atoms with Gasteiger partial charge in [-0.25, -0.2) is 9.78 Å². The quantitative estimate of drug-likeness (QED) is 0.836. The maximum atomic E-state index is 11.7. The number of hydrogen-bond acceptors (Lipinski definition) is 5. The van der Waals surface area contributed by atoms with Gasteiger partial charge in [-0.1, -0.05) is 6.42 Å². The van der Waals surface area contributed by atoms with Crippen molar-refractivity contribution in [3.8, 4) is 0 Å². The fourth-order valence-corrected chi connectivity index (χ4v) is 2.55. The van der Waals surface area contributed by atoms with Crippen LogP contribution in [0.2, 0.25) is 0 Å². The molecule has 1 atom stereocenters. The summed E-state index contributed by atoms with van der Waals surface area (Å²) in [4.78, 5) is 18.4. The summed E-state index contributed by atoms with van der Waals surface area (Å²) in [6.45, 7) is 5.31. The molecule has 0 spiro atoms. The Morgan fingerprint density at radius 1 is 1.45 bits per heavy atom. The van der Waals surface area contributed by atoms with Gasteiger partial charge < -0.3 is 10.1 Å². The van der Waals surface area contributed by atoms with E-state index in [0.717, 1.165) is 19.6 Å². The molecule has 5 nitrogen and oxygen atoms in total. The van der Waals surface area contributed by atoms with Crippen molar-refractivity contribution in [2.24, 2.45) is 0 Å². The van der Waals surface area contributed by atoms with Crippen LogP contribution < -0.4 is 5.32 Å². The Labute approximate surface area is 120 Å². The molecule has 1 aromatic heterocycles. The lowest BCUT2D eigenvalue weighted by atomic mass is 10.1. The first-order chi connectivity index (χ1) is 9.72. The van der Waals surface area contributed by atoms with Crippen molar-refractivity contribution in [1.29, 1.82) is 0 Å². The normalized spacial score (nSPS) is 17.5. The molecule has 2 heterocycles. The van der Waals surface area contributed by atoms with Gasteiger partial charge in [0.25, 0.3) is 0 Å². The van der Waals surface area contributed by atoms with Crippen molar-refractivity contribution in [2.75, 3.05) is 32.1 Å². The summed E-state index contributed by atoms with van der Waals surface area (Å²) >= 11 is 0. The van der Waals surface area contributed by atoms with Gasteiger partial charge in [-0.2, -0.15) is 0 Å². The Balaban J connectivity index is 1.94. The molecule has 1 aliphatic heterocycles. The molecule has 1 aromatic rings. The number of carbonyl (C=O) groups excluding carboxylic acids is 1. The van der Waals surface area contributed by atoms with Crippen LogP contribution in [0.3, 0.4) is 0 Å². The maximum Gasteiger partial charge on any atom is 0.341 e. The maximum absolute atomic E-state index is 11.7. The second kappa shape index (κ2) is 7.24. The molecular formula is C15H23N3O2. The van der Waals surface area contributed by atoms with Crippen LogP contribution in [0.25, 0.3) is 0 Å². The van der Waals surface area contributed by atoms with E-state index in [1.54, 1.807) is 18.3 Å². The highest BCUT2D eigenvalue weighted by molar-refractivity contribution is 5.94. The zero-order valence-corrected chi connectivity index (χ0v) is 12.3. The number of aromatic nitrogens is 1. The van der Waals surface area contributed by atoms with Crippen molar-refractivity contribution in [3.05, 3.63) is 23.9 Å². The van der Waals surface area contributed by atoms with Gasteiger partial charge in [-0.15, -0.1) is 0 Å². The molecule has 1 N–H and O–H groups in total. The number of nitrogens with zero attached hydrogens (tertiary/aromatic N) is 2. The number of methoxy groups -OCH3 is 1. The zero-order chi connectivity index (χ0) is 14.4. The number of carbonyl (C=O) groups is 1. The summed E-state index contributed by atoms with van der Waals surface area (Å²) in [5.41, 5.74) is 0.487. The van der Waals surface area contributed by atoms with E-state index in [1.807, 2.05) is 0 Å². The molecule has 20 heavy (non-hydrogen) atoms. The van der Waals surface area contributed by atoms with E-state index in [2.05, 4.69) is 22.1 Å². The molecule has 5 heteroatoms. The Bertz CT molecular complexity index is 444. The van der Waals surface area contributed by atoms with Crippen LogP contribution in [0.15, 0.2) is 18.3 Å². The fraction of sp³-hybridized carbons (Fsp3) is 0.600. The Hall–Kier alpha value is -1.62. The van der Waals surface area contributed by atoms with Gasteiger partial charge in [0.1, 0.15) is 11.4 Å². The van der Waals surface area contributed by atoms with Crippen LogP contribution in [-0.2, 0) is 4.74 Å². The molecule has 1 aliphatic rings. The highest BCUT2D eigenvalue weighted by Crippen LogP contribution is 2.15. The van der Waals surface area contributed by atoms with Crippen molar-refractivity contribution in [2.45, 2.75) is 32.2 Å². The van der Waals surface area contributed by atoms with Crippen LogP contribution in [0.4, 0.5) is 5.82 Å². The third kappa shape index (κ3) is 3.70. The summed E-state index contributed by atoms with van der Waals surface area (Å²) in [5, 5.41) is 3.27. The summed E-state index contributed by atoms with van der Waals surface area (Å²) in [7, 11) is 1.38.